The van der Waals surface area contributed by atoms with E-state index in [-0.39, 0.29) is 0 Å². The summed E-state index contributed by atoms with van der Waals surface area (Å²) in [6.07, 6.45) is 4.15. The van der Waals surface area contributed by atoms with Gasteiger partial charge in [0.1, 0.15) is 5.75 Å². The van der Waals surface area contributed by atoms with Crippen molar-refractivity contribution in [2.24, 2.45) is 5.73 Å². The van der Waals surface area contributed by atoms with Gasteiger partial charge in [-0.25, -0.2) is 18.2 Å². The number of piperazine rings is 1. The van der Waals surface area contributed by atoms with Gasteiger partial charge in [0, 0.05) is 50.2 Å². The van der Waals surface area contributed by atoms with Crippen LogP contribution in [0.4, 0.5) is 10.5 Å². The fraction of sp³-hybridized carbons (Fsp3) is 0.333. The summed E-state index contributed by atoms with van der Waals surface area (Å²) >= 11 is 1.60. The lowest BCUT2D eigenvalue weighted by molar-refractivity contribution is 0.175. The third-order valence-electron chi connectivity index (χ3n) is 6.20. The molecule has 0 atom stereocenters. The number of benzene rings is 2. The second-order valence-corrected chi connectivity index (χ2v) is 11.8. The number of ether oxygens (including phenoxy) is 1. The van der Waals surface area contributed by atoms with Crippen molar-refractivity contribution in [2.75, 3.05) is 50.9 Å². The van der Waals surface area contributed by atoms with Crippen LogP contribution in [0.1, 0.15) is 6.42 Å². The number of anilines is 1. The van der Waals surface area contributed by atoms with Gasteiger partial charge in [-0.05, 0) is 36.8 Å². The van der Waals surface area contributed by atoms with Crippen molar-refractivity contribution < 1.29 is 17.9 Å². The molecule has 1 aliphatic rings. The molecule has 1 saturated heterocycles. The highest BCUT2D eigenvalue weighted by Crippen LogP contribution is 2.32. The molecule has 4 aromatic rings. The zero-order valence-corrected chi connectivity index (χ0v) is 21.5. The summed E-state index contributed by atoms with van der Waals surface area (Å²) in [5.74, 6) is 0.826. The summed E-state index contributed by atoms with van der Waals surface area (Å²) in [4.78, 5) is 18.9. The van der Waals surface area contributed by atoms with E-state index in [1.54, 1.807) is 23.5 Å². The Bertz CT molecular complexity index is 1490. The molecule has 1 fully saturated rings. The SMILES string of the molecule is CS(=O)(=O)N1CCN(CCCOc2ccc3c(c2)sc2nc(-c4ccc(NC(N)=O)cc4)cn23)CC1. The van der Waals surface area contributed by atoms with Gasteiger partial charge in [-0.15, -0.1) is 0 Å². The maximum absolute atomic E-state index is 11.6. The Morgan fingerprint density at radius 3 is 2.58 bits per heavy atom. The number of carbonyl (C=O) groups excluding carboxylic acids is 1. The summed E-state index contributed by atoms with van der Waals surface area (Å²) in [5, 5.41) is 2.56. The monoisotopic (exact) mass is 528 g/mol. The number of hydrogen-bond acceptors (Lipinski definition) is 7. The number of rotatable bonds is 8. The van der Waals surface area contributed by atoms with Crippen molar-refractivity contribution in [1.29, 1.82) is 0 Å². The number of sulfonamides is 1. The standard InChI is InChI=1S/C24H28N6O4S2/c1-36(32,33)29-12-10-28(11-13-29)9-2-14-34-19-7-8-21-22(15-19)35-24-27-20(16-30(21)24)17-3-5-18(6-4-17)26-23(25)31/h3-8,15-16H,2,9-14H2,1H3,(H3,25,26,31). The molecule has 0 bridgehead atoms. The minimum Gasteiger partial charge on any atom is -0.493 e. The van der Waals surface area contributed by atoms with Gasteiger partial charge in [0.25, 0.3) is 0 Å². The number of amides is 2. The van der Waals surface area contributed by atoms with Crippen LogP contribution in [0.2, 0.25) is 0 Å². The molecule has 3 N–H and O–H groups in total. The van der Waals surface area contributed by atoms with Gasteiger partial charge >= 0.3 is 6.03 Å². The van der Waals surface area contributed by atoms with E-state index in [1.165, 1.54) is 10.6 Å². The van der Waals surface area contributed by atoms with Crippen LogP contribution in [-0.2, 0) is 10.0 Å². The van der Waals surface area contributed by atoms with E-state index in [4.69, 9.17) is 15.5 Å². The molecule has 36 heavy (non-hydrogen) atoms. The number of thiazole rings is 1. The minimum absolute atomic E-state index is 0.552. The van der Waals surface area contributed by atoms with Gasteiger partial charge in [-0.2, -0.15) is 4.31 Å². The number of hydrogen-bond donors (Lipinski definition) is 2. The number of aromatic nitrogens is 2. The Balaban J connectivity index is 1.17. The predicted molar refractivity (Wildman–Crippen MR) is 142 cm³/mol. The average molecular weight is 529 g/mol. The summed E-state index contributed by atoms with van der Waals surface area (Å²) in [6.45, 7) is 4.10. The van der Waals surface area contributed by atoms with Crippen LogP contribution in [0.25, 0.3) is 26.4 Å². The quantitative estimate of drug-likeness (QED) is 0.339. The van der Waals surface area contributed by atoms with Crippen molar-refractivity contribution in [3.05, 3.63) is 48.7 Å². The van der Waals surface area contributed by atoms with Crippen molar-refractivity contribution in [2.45, 2.75) is 6.42 Å². The van der Waals surface area contributed by atoms with Crippen LogP contribution in [0.15, 0.2) is 48.7 Å². The summed E-state index contributed by atoms with van der Waals surface area (Å²) in [5.41, 5.74) is 8.67. The number of imidazole rings is 1. The number of nitrogens with two attached hydrogens (primary N) is 1. The van der Waals surface area contributed by atoms with E-state index in [1.807, 2.05) is 36.5 Å². The molecule has 1 aliphatic heterocycles. The molecule has 0 radical (unpaired) electrons. The average Bonchev–Trinajstić information content (AvgIpc) is 3.39. The molecule has 0 aliphatic carbocycles. The van der Waals surface area contributed by atoms with Crippen molar-refractivity contribution in [3.63, 3.8) is 0 Å². The van der Waals surface area contributed by atoms with Crippen LogP contribution in [0, 0.1) is 0 Å². The Labute approximate surface area is 213 Å². The molecular formula is C24H28N6O4S2. The number of fused-ring (bicyclic) bond motifs is 3. The lowest BCUT2D eigenvalue weighted by Gasteiger charge is -2.33. The highest BCUT2D eigenvalue weighted by Gasteiger charge is 2.22. The first-order valence-corrected chi connectivity index (χ1v) is 14.3. The van der Waals surface area contributed by atoms with Gasteiger partial charge in [0.15, 0.2) is 4.96 Å². The van der Waals surface area contributed by atoms with Crippen LogP contribution in [0.5, 0.6) is 5.75 Å². The van der Waals surface area contributed by atoms with Gasteiger partial charge in [-0.1, -0.05) is 23.5 Å². The summed E-state index contributed by atoms with van der Waals surface area (Å²) in [6, 6.07) is 12.9. The zero-order chi connectivity index (χ0) is 25.3. The number of nitrogens with zero attached hydrogens (tertiary/aromatic N) is 4. The first-order chi connectivity index (χ1) is 17.3. The van der Waals surface area contributed by atoms with Crippen molar-refractivity contribution in [3.8, 4) is 17.0 Å². The maximum atomic E-state index is 11.6. The van der Waals surface area contributed by atoms with E-state index in [9.17, 15) is 13.2 Å². The number of carbonyl (C=O) groups is 1. The lowest BCUT2D eigenvalue weighted by atomic mass is 10.1. The van der Waals surface area contributed by atoms with Gasteiger partial charge < -0.3 is 20.7 Å². The van der Waals surface area contributed by atoms with Crippen LogP contribution < -0.4 is 15.8 Å². The summed E-state index contributed by atoms with van der Waals surface area (Å²) in [7, 11) is -3.10. The zero-order valence-electron chi connectivity index (χ0n) is 19.9. The normalized spacial score (nSPS) is 15.5. The predicted octanol–water partition coefficient (Wildman–Crippen LogP) is 3.05. The molecule has 0 saturated carbocycles. The second-order valence-electron chi connectivity index (χ2n) is 8.78. The van der Waals surface area contributed by atoms with E-state index in [2.05, 4.69) is 14.6 Å². The molecule has 0 spiro atoms. The molecule has 3 heterocycles. The van der Waals surface area contributed by atoms with E-state index < -0.39 is 16.1 Å². The molecule has 0 unspecified atom stereocenters. The minimum atomic E-state index is -3.10. The smallest absolute Gasteiger partial charge is 0.316 e. The van der Waals surface area contributed by atoms with Crippen LogP contribution in [-0.4, -0.2) is 78.6 Å². The van der Waals surface area contributed by atoms with Crippen molar-refractivity contribution >= 4 is 48.3 Å². The summed E-state index contributed by atoms with van der Waals surface area (Å²) < 4.78 is 34.0. The third kappa shape index (κ3) is 5.46. The molecule has 12 heteroatoms. The second kappa shape index (κ2) is 10.1. The topological polar surface area (TPSA) is 122 Å². The van der Waals surface area contributed by atoms with Crippen molar-refractivity contribution in [1.82, 2.24) is 18.6 Å². The Morgan fingerprint density at radius 1 is 1.14 bits per heavy atom. The number of urea groups is 1. The largest absolute Gasteiger partial charge is 0.493 e. The van der Waals surface area contributed by atoms with Gasteiger partial charge in [0.2, 0.25) is 10.0 Å². The highest BCUT2D eigenvalue weighted by atomic mass is 32.2. The molecular weight excluding hydrogens is 500 g/mol. The first kappa shape index (κ1) is 24.5. The maximum Gasteiger partial charge on any atom is 0.316 e. The fourth-order valence-corrected chi connectivity index (χ4v) is 6.20. The Morgan fingerprint density at radius 2 is 1.89 bits per heavy atom. The molecule has 5 rings (SSSR count). The molecule has 190 valence electrons. The Hall–Kier alpha value is -3.19. The van der Waals surface area contributed by atoms with Gasteiger partial charge in [-0.3, -0.25) is 4.40 Å². The van der Waals surface area contributed by atoms with E-state index in [0.717, 1.165) is 58.2 Å². The molecule has 2 aromatic heterocycles. The van der Waals surface area contributed by atoms with Gasteiger partial charge in [0.05, 0.1) is 28.8 Å². The third-order valence-corrected chi connectivity index (χ3v) is 8.52. The number of nitrogens with one attached hydrogen (secondary N) is 1. The molecule has 10 nitrogen and oxygen atoms in total. The molecule has 2 amide bonds. The fourth-order valence-electron chi connectivity index (χ4n) is 4.34. The van der Waals surface area contributed by atoms with E-state index >= 15 is 0 Å². The molecule has 2 aromatic carbocycles. The van der Waals surface area contributed by atoms with Crippen LogP contribution >= 0.6 is 11.3 Å². The first-order valence-electron chi connectivity index (χ1n) is 11.6. The Kier molecular flexibility index (Phi) is 6.84. The van der Waals surface area contributed by atoms with Crippen LogP contribution in [0.3, 0.4) is 0 Å². The lowest BCUT2D eigenvalue weighted by Crippen LogP contribution is -2.48. The number of primary amides is 1. The highest BCUT2D eigenvalue weighted by molar-refractivity contribution is 7.88. The van der Waals surface area contributed by atoms with E-state index in [0.29, 0.717) is 25.4 Å².